The second-order valence-electron chi connectivity index (χ2n) is 5.62. The SMILES string of the molecule is CCOCCOc1cccc(C(=O)NNC(=O)COc2ccc([N+](=O)[O-])cc2)c1. The number of hydrogen-bond acceptors (Lipinski definition) is 7. The fourth-order valence-corrected chi connectivity index (χ4v) is 2.14. The van der Waals surface area contributed by atoms with E-state index < -0.39 is 16.7 Å². The number of hydrazine groups is 1. The van der Waals surface area contributed by atoms with Crippen molar-refractivity contribution in [3.63, 3.8) is 0 Å². The molecular formula is C19H21N3O7. The molecule has 154 valence electrons. The fourth-order valence-electron chi connectivity index (χ4n) is 2.14. The lowest BCUT2D eigenvalue weighted by Gasteiger charge is -2.10. The number of benzene rings is 2. The van der Waals surface area contributed by atoms with Crippen LogP contribution in [0, 0.1) is 10.1 Å². The summed E-state index contributed by atoms with van der Waals surface area (Å²) in [4.78, 5) is 34.0. The monoisotopic (exact) mass is 403 g/mol. The molecule has 2 N–H and O–H groups in total. The molecule has 2 amide bonds. The summed E-state index contributed by atoms with van der Waals surface area (Å²) in [6, 6.07) is 11.8. The lowest BCUT2D eigenvalue weighted by molar-refractivity contribution is -0.384. The minimum Gasteiger partial charge on any atom is -0.491 e. The first-order valence-corrected chi connectivity index (χ1v) is 8.76. The molecule has 10 nitrogen and oxygen atoms in total. The normalized spacial score (nSPS) is 10.1. The van der Waals surface area contributed by atoms with Gasteiger partial charge in [-0.25, -0.2) is 0 Å². The molecule has 0 unspecified atom stereocenters. The maximum absolute atomic E-state index is 12.1. The number of nitrogens with zero attached hydrogens (tertiary/aromatic N) is 1. The standard InChI is InChI=1S/C19H21N3O7/c1-2-27-10-11-28-17-5-3-4-14(12-17)19(24)21-20-18(23)13-29-16-8-6-15(7-9-16)22(25)26/h3-9,12H,2,10-11,13H2,1H3,(H,20,23)(H,21,24). The van der Waals surface area contributed by atoms with Crippen LogP contribution in [0.3, 0.4) is 0 Å². The first-order valence-electron chi connectivity index (χ1n) is 8.76. The summed E-state index contributed by atoms with van der Waals surface area (Å²) in [6.45, 7) is 2.90. The molecule has 0 atom stereocenters. The van der Waals surface area contributed by atoms with E-state index in [-0.39, 0.29) is 18.0 Å². The zero-order chi connectivity index (χ0) is 21.1. The minimum absolute atomic E-state index is 0.0850. The number of hydrogen-bond donors (Lipinski definition) is 2. The second-order valence-corrected chi connectivity index (χ2v) is 5.62. The number of non-ortho nitro benzene ring substituents is 1. The third-order valence-electron chi connectivity index (χ3n) is 3.53. The van der Waals surface area contributed by atoms with Gasteiger partial charge < -0.3 is 14.2 Å². The van der Waals surface area contributed by atoms with E-state index in [0.717, 1.165) is 0 Å². The molecule has 0 aliphatic heterocycles. The average molecular weight is 403 g/mol. The van der Waals surface area contributed by atoms with Gasteiger partial charge in [-0.05, 0) is 37.3 Å². The highest BCUT2D eigenvalue weighted by atomic mass is 16.6. The zero-order valence-electron chi connectivity index (χ0n) is 15.8. The molecule has 29 heavy (non-hydrogen) atoms. The molecule has 0 aliphatic rings. The molecule has 0 saturated carbocycles. The van der Waals surface area contributed by atoms with E-state index in [1.807, 2.05) is 6.92 Å². The Bertz CT molecular complexity index is 840. The van der Waals surface area contributed by atoms with Gasteiger partial charge in [0.2, 0.25) is 0 Å². The lowest BCUT2D eigenvalue weighted by Crippen LogP contribution is -2.43. The van der Waals surface area contributed by atoms with Crippen LogP contribution in [0.5, 0.6) is 11.5 Å². The predicted octanol–water partition coefficient (Wildman–Crippen LogP) is 1.85. The van der Waals surface area contributed by atoms with Crippen LogP contribution in [0.15, 0.2) is 48.5 Å². The summed E-state index contributed by atoms with van der Waals surface area (Å²) in [5.41, 5.74) is 4.72. The van der Waals surface area contributed by atoms with Gasteiger partial charge in [0.1, 0.15) is 18.1 Å². The molecular weight excluding hydrogens is 382 g/mol. The summed E-state index contributed by atoms with van der Waals surface area (Å²) in [6.07, 6.45) is 0. The maximum atomic E-state index is 12.1. The maximum Gasteiger partial charge on any atom is 0.276 e. The predicted molar refractivity (Wildman–Crippen MR) is 103 cm³/mol. The molecule has 2 rings (SSSR count). The van der Waals surface area contributed by atoms with Gasteiger partial charge in [-0.2, -0.15) is 0 Å². The molecule has 2 aromatic rings. The first kappa shape index (κ1) is 21.6. The molecule has 0 heterocycles. The van der Waals surface area contributed by atoms with Crippen molar-refractivity contribution < 1.29 is 28.7 Å². The van der Waals surface area contributed by atoms with Crippen LogP contribution in [0.1, 0.15) is 17.3 Å². The number of nitro benzene ring substituents is 1. The molecule has 0 saturated heterocycles. The van der Waals surface area contributed by atoms with Crippen molar-refractivity contribution in [3.05, 3.63) is 64.2 Å². The van der Waals surface area contributed by atoms with E-state index in [9.17, 15) is 19.7 Å². The van der Waals surface area contributed by atoms with Crippen LogP contribution >= 0.6 is 0 Å². The van der Waals surface area contributed by atoms with E-state index in [0.29, 0.717) is 31.1 Å². The van der Waals surface area contributed by atoms with Crippen LogP contribution in [0.4, 0.5) is 5.69 Å². The Morgan fingerprint density at radius 1 is 1.00 bits per heavy atom. The Labute approximate surface area is 166 Å². The minimum atomic E-state index is -0.596. The van der Waals surface area contributed by atoms with Crippen LogP contribution in [0.25, 0.3) is 0 Å². The Morgan fingerprint density at radius 2 is 1.76 bits per heavy atom. The van der Waals surface area contributed by atoms with Crippen LogP contribution in [-0.4, -0.2) is 43.2 Å². The first-order chi connectivity index (χ1) is 14.0. The number of carbonyl (C=O) groups excluding carboxylic acids is 2. The molecule has 2 aromatic carbocycles. The Hall–Kier alpha value is -3.66. The fraction of sp³-hybridized carbons (Fsp3) is 0.263. The van der Waals surface area contributed by atoms with Gasteiger partial charge in [0.05, 0.1) is 11.5 Å². The van der Waals surface area contributed by atoms with E-state index in [1.54, 1.807) is 24.3 Å². The Kier molecular flexibility index (Phi) is 8.39. The highest BCUT2D eigenvalue weighted by molar-refractivity contribution is 5.95. The van der Waals surface area contributed by atoms with Crippen molar-refractivity contribution in [1.82, 2.24) is 10.9 Å². The summed E-state index contributed by atoms with van der Waals surface area (Å²) >= 11 is 0. The summed E-state index contributed by atoms with van der Waals surface area (Å²) in [5.74, 6) is -0.330. The summed E-state index contributed by atoms with van der Waals surface area (Å²) in [5, 5.41) is 10.6. The number of carbonyl (C=O) groups is 2. The smallest absolute Gasteiger partial charge is 0.276 e. The molecule has 0 fully saturated rings. The van der Waals surface area contributed by atoms with Gasteiger partial charge in [0.15, 0.2) is 6.61 Å². The zero-order valence-corrected chi connectivity index (χ0v) is 15.8. The largest absolute Gasteiger partial charge is 0.491 e. The summed E-state index contributed by atoms with van der Waals surface area (Å²) in [7, 11) is 0. The van der Waals surface area contributed by atoms with E-state index in [4.69, 9.17) is 14.2 Å². The molecule has 10 heteroatoms. The third-order valence-corrected chi connectivity index (χ3v) is 3.53. The second kappa shape index (κ2) is 11.2. The van der Waals surface area contributed by atoms with Crippen molar-refractivity contribution >= 4 is 17.5 Å². The number of ether oxygens (including phenoxy) is 3. The van der Waals surface area contributed by atoms with Gasteiger partial charge in [-0.15, -0.1) is 0 Å². The summed E-state index contributed by atoms with van der Waals surface area (Å²) < 4.78 is 15.9. The Balaban J connectivity index is 1.76. The van der Waals surface area contributed by atoms with Crippen LogP contribution < -0.4 is 20.3 Å². The van der Waals surface area contributed by atoms with Gasteiger partial charge in [-0.3, -0.25) is 30.6 Å². The highest BCUT2D eigenvalue weighted by Crippen LogP contribution is 2.17. The number of rotatable bonds is 10. The average Bonchev–Trinajstić information content (AvgIpc) is 2.74. The molecule has 0 aliphatic carbocycles. The van der Waals surface area contributed by atoms with Gasteiger partial charge >= 0.3 is 0 Å². The number of amides is 2. The van der Waals surface area contributed by atoms with Gasteiger partial charge in [-0.1, -0.05) is 6.07 Å². The highest BCUT2D eigenvalue weighted by Gasteiger charge is 2.10. The van der Waals surface area contributed by atoms with Gasteiger partial charge in [0.25, 0.3) is 17.5 Å². The molecule has 0 bridgehead atoms. The number of nitrogens with one attached hydrogen (secondary N) is 2. The molecule has 0 radical (unpaired) electrons. The van der Waals surface area contributed by atoms with Crippen LogP contribution in [0.2, 0.25) is 0 Å². The van der Waals surface area contributed by atoms with Crippen molar-refractivity contribution in [2.45, 2.75) is 6.92 Å². The van der Waals surface area contributed by atoms with E-state index >= 15 is 0 Å². The van der Waals surface area contributed by atoms with E-state index in [2.05, 4.69) is 10.9 Å². The van der Waals surface area contributed by atoms with Crippen LogP contribution in [-0.2, 0) is 9.53 Å². The van der Waals surface area contributed by atoms with Crippen molar-refractivity contribution in [3.8, 4) is 11.5 Å². The van der Waals surface area contributed by atoms with E-state index in [1.165, 1.54) is 24.3 Å². The van der Waals surface area contributed by atoms with Crippen molar-refractivity contribution in [2.24, 2.45) is 0 Å². The number of nitro groups is 1. The lowest BCUT2D eigenvalue weighted by atomic mass is 10.2. The van der Waals surface area contributed by atoms with Gasteiger partial charge in [0, 0.05) is 24.3 Å². The topological polar surface area (TPSA) is 129 Å². The Morgan fingerprint density at radius 3 is 2.45 bits per heavy atom. The molecule has 0 spiro atoms. The third kappa shape index (κ3) is 7.46. The van der Waals surface area contributed by atoms with Crippen molar-refractivity contribution in [1.29, 1.82) is 0 Å². The molecule has 0 aromatic heterocycles. The van der Waals surface area contributed by atoms with Crippen molar-refractivity contribution in [2.75, 3.05) is 26.4 Å². The quantitative estimate of drug-likeness (QED) is 0.352.